The lowest BCUT2D eigenvalue weighted by Gasteiger charge is -2.39. The molecule has 2 heterocycles. The van der Waals surface area contributed by atoms with Gasteiger partial charge < -0.3 is 10.1 Å². The van der Waals surface area contributed by atoms with Gasteiger partial charge in [0.05, 0.1) is 13.2 Å². The van der Waals surface area contributed by atoms with Crippen molar-refractivity contribution in [2.45, 2.75) is 38.8 Å². The highest BCUT2D eigenvalue weighted by Crippen LogP contribution is 2.29. The Hall–Kier alpha value is -1.19. The van der Waals surface area contributed by atoms with E-state index in [1.54, 1.807) is 0 Å². The van der Waals surface area contributed by atoms with Crippen molar-refractivity contribution in [1.29, 1.82) is 0 Å². The smallest absolute Gasteiger partial charge is 0.166 e. The average Bonchev–Trinajstić information content (AvgIpc) is 2.37. The summed E-state index contributed by atoms with van der Waals surface area (Å²) in [5, 5.41) is 3.54. The van der Waals surface area contributed by atoms with Crippen LogP contribution in [-0.2, 0) is 4.74 Å². The fourth-order valence-electron chi connectivity index (χ4n) is 3.46. The van der Waals surface area contributed by atoms with Crippen molar-refractivity contribution in [3.05, 3.63) is 34.9 Å². The number of piperidine rings is 1. The van der Waals surface area contributed by atoms with E-state index in [2.05, 4.69) is 5.32 Å². The van der Waals surface area contributed by atoms with E-state index in [0.717, 1.165) is 42.7 Å². The largest absolute Gasteiger partial charge is 0.378 e. The number of hydrogen-bond acceptors (Lipinski definition) is 3. The van der Waals surface area contributed by atoms with Gasteiger partial charge in [0, 0.05) is 23.6 Å². The first-order valence-corrected chi connectivity index (χ1v) is 7.09. The van der Waals surface area contributed by atoms with Gasteiger partial charge in [-0.25, -0.2) is 0 Å². The van der Waals surface area contributed by atoms with Crippen LogP contribution in [0.15, 0.2) is 18.2 Å². The van der Waals surface area contributed by atoms with Crippen LogP contribution >= 0.6 is 0 Å². The maximum atomic E-state index is 12.8. The SMILES string of the molecule is Cc1cccc(C)c1C(=O)C1CC2COCC(C1)N2. The Labute approximate surface area is 114 Å². The summed E-state index contributed by atoms with van der Waals surface area (Å²) in [6.45, 7) is 5.55. The molecule has 0 amide bonds. The fourth-order valence-corrected chi connectivity index (χ4v) is 3.46. The van der Waals surface area contributed by atoms with Crippen LogP contribution in [0.2, 0.25) is 0 Å². The second-order valence-electron chi connectivity index (χ2n) is 5.90. The Morgan fingerprint density at radius 3 is 2.32 bits per heavy atom. The minimum Gasteiger partial charge on any atom is -0.378 e. The predicted octanol–water partition coefficient (Wildman–Crippen LogP) is 2.25. The molecule has 2 aliphatic heterocycles. The third-order valence-electron chi connectivity index (χ3n) is 4.35. The molecule has 0 saturated carbocycles. The van der Waals surface area contributed by atoms with Crippen molar-refractivity contribution < 1.29 is 9.53 Å². The summed E-state index contributed by atoms with van der Waals surface area (Å²) in [6, 6.07) is 6.79. The first-order chi connectivity index (χ1) is 9.15. The fraction of sp³-hybridized carbons (Fsp3) is 0.562. The molecule has 102 valence electrons. The quantitative estimate of drug-likeness (QED) is 0.828. The van der Waals surface area contributed by atoms with Crippen molar-refractivity contribution >= 4 is 5.78 Å². The van der Waals surface area contributed by atoms with Gasteiger partial charge in [-0.2, -0.15) is 0 Å². The zero-order valence-corrected chi connectivity index (χ0v) is 11.6. The maximum absolute atomic E-state index is 12.8. The lowest BCUT2D eigenvalue weighted by molar-refractivity contribution is 0.00950. The van der Waals surface area contributed by atoms with E-state index in [1.165, 1.54) is 0 Å². The van der Waals surface area contributed by atoms with E-state index < -0.39 is 0 Å². The predicted molar refractivity (Wildman–Crippen MR) is 74.5 cm³/mol. The summed E-state index contributed by atoms with van der Waals surface area (Å²) in [5.74, 6) is 0.481. The van der Waals surface area contributed by atoms with Gasteiger partial charge in [-0.3, -0.25) is 4.79 Å². The van der Waals surface area contributed by atoms with Gasteiger partial charge in [0.2, 0.25) is 0 Å². The van der Waals surface area contributed by atoms with E-state index in [9.17, 15) is 4.79 Å². The number of nitrogens with one attached hydrogen (secondary N) is 1. The molecule has 0 aliphatic carbocycles. The van der Waals surface area contributed by atoms with E-state index >= 15 is 0 Å². The number of fused-ring (bicyclic) bond motifs is 2. The maximum Gasteiger partial charge on any atom is 0.166 e. The molecule has 1 N–H and O–H groups in total. The molecule has 2 bridgehead atoms. The van der Waals surface area contributed by atoms with E-state index in [4.69, 9.17) is 4.74 Å². The number of ketones is 1. The van der Waals surface area contributed by atoms with Crippen LogP contribution in [0.3, 0.4) is 0 Å². The molecule has 2 saturated heterocycles. The van der Waals surface area contributed by atoms with Gasteiger partial charge in [-0.1, -0.05) is 18.2 Å². The summed E-state index contributed by atoms with van der Waals surface area (Å²) in [4.78, 5) is 12.8. The summed E-state index contributed by atoms with van der Waals surface area (Å²) in [6.07, 6.45) is 1.81. The summed E-state index contributed by atoms with van der Waals surface area (Å²) in [5.41, 5.74) is 3.14. The molecule has 1 aromatic carbocycles. The number of benzene rings is 1. The first kappa shape index (κ1) is 12.8. The molecule has 1 aromatic rings. The molecule has 19 heavy (non-hydrogen) atoms. The number of hydrogen-bond donors (Lipinski definition) is 1. The van der Waals surface area contributed by atoms with Crippen molar-refractivity contribution in [3.63, 3.8) is 0 Å². The Balaban J connectivity index is 1.84. The molecule has 2 aliphatic rings. The Morgan fingerprint density at radius 1 is 1.16 bits per heavy atom. The number of Topliss-reactive ketones (excluding diaryl/α,β-unsaturated/α-hetero) is 1. The lowest BCUT2D eigenvalue weighted by Crippen LogP contribution is -2.55. The Morgan fingerprint density at radius 2 is 1.74 bits per heavy atom. The third-order valence-corrected chi connectivity index (χ3v) is 4.35. The van der Waals surface area contributed by atoms with Crippen LogP contribution in [0.5, 0.6) is 0 Å². The molecule has 0 aromatic heterocycles. The van der Waals surface area contributed by atoms with Gasteiger partial charge in [-0.15, -0.1) is 0 Å². The summed E-state index contributed by atoms with van der Waals surface area (Å²) < 4.78 is 5.54. The van der Waals surface area contributed by atoms with E-state index in [1.807, 2.05) is 32.0 Å². The molecule has 2 unspecified atom stereocenters. The summed E-state index contributed by atoms with van der Waals surface area (Å²) in [7, 11) is 0. The Kier molecular flexibility index (Phi) is 3.42. The molecule has 0 radical (unpaired) electrons. The normalized spacial score (nSPS) is 30.1. The topological polar surface area (TPSA) is 38.3 Å². The van der Waals surface area contributed by atoms with Gasteiger partial charge in [0.15, 0.2) is 5.78 Å². The highest BCUT2D eigenvalue weighted by atomic mass is 16.5. The van der Waals surface area contributed by atoms with Crippen molar-refractivity contribution in [1.82, 2.24) is 5.32 Å². The molecule has 3 heteroatoms. The molecule has 0 spiro atoms. The lowest BCUT2D eigenvalue weighted by atomic mass is 9.80. The van der Waals surface area contributed by atoms with Crippen LogP contribution < -0.4 is 5.32 Å². The molecule has 3 rings (SSSR count). The highest BCUT2D eigenvalue weighted by molar-refractivity contribution is 6.00. The zero-order valence-electron chi connectivity index (χ0n) is 11.6. The van der Waals surface area contributed by atoms with Gasteiger partial charge in [0.1, 0.15) is 0 Å². The molecule has 2 atom stereocenters. The van der Waals surface area contributed by atoms with Gasteiger partial charge >= 0.3 is 0 Å². The second kappa shape index (κ2) is 5.06. The third kappa shape index (κ3) is 2.45. The van der Waals surface area contributed by atoms with Crippen molar-refractivity contribution in [3.8, 4) is 0 Å². The summed E-state index contributed by atoms with van der Waals surface area (Å²) >= 11 is 0. The Bertz CT molecular complexity index is 465. The number of carbonyl (C=O) groups excluding carboxylic acids is 1. The number of ether oxygens (including phenoxy) is 1. The van der Waals surface area contributed by atoms with Gasteiger partial charge in [-0.05, 0) is 37.8 Å². The van der Waals surface area contributed by atoms with E-state index in [-0.39, 0.29) is 5.92 Å². The molecule has 2 fully saturated rings. The minimum absolute atomic E-state index is 0.153. The van der Waals surface area contributed by atoms with Crippen LogP contribution in [0.1, 0.15) is 34.3 Å². The van der Waals surface area contributed by atoms with Crippen LogP contribution in [0, 0.1) is 19.8 Å². The second-order valence-corrected chi connectivity index (χ2v) is 5.90. The first-order valence-electron chi connectivity index (χ1n) is 7.09. The van der Waals surface area contributed by atoms with Crippen molar-refractivity contribution in [2.75, 3.05) is 13.2 Å². The van der Waals surface area contributed by atoms with Crippen molar-refractivity contribution in [2.24, 2.45) is 5.92 Å². The monoisotopic (exact) mass is 259 g/mol. The standard InChI is InChI=1S/C16H21NO2/c1-10-4-3-5-11(2)15(10)16(18)12-6-13-8-19-9-14(7-12)17-13/h3-5,12-14,17H,6-9H2,1-2H3. The number of carbonyl (C=O) groups is 1. The minimum atomic E-state index is 0.153. The number of aryl methyl sites for hydroxylation is 2. The number of rotatable bonds is 2. The number of morpholine rings is 1. The molecular weight excluding hydrogens is 238 g/mol. The zero-order chi connectivity index (χ0) is 13.4. The van der Waals surface area contributed by atoms with Gasteiger partial charge in [0.25, 0.3) is 0 Å². The highest BCUT2D eigenvalue weighted by Gasteiger charge is 2.36. The molecule has 3 nitrogen and oxygen atoms in total. The molecular formula is C16H21NO2. The van der Waals surface area contributed by atoms with Crippen LogP contribution in [0.25, 0.3) is 0 Å². The average molecular weight is 259 g/mol. The van der Waals surface area contributed by atoms with Crippen LogP contribution in [0.4, 0.5) is 0 Å². The van der Waals surface area contributed by atoms with Crippen LogP contribution in [-0.4, -0.2) is 31.1 Å². The van der Waals surface area contributed by atoms with E-state index in [0.29, 0.717) is 17.9 Å².